The molecule has 2 fully saturated rings. The maximum Gasteiger partial charge on any atom is 0.0898 e. The van der Waals surface area contributed by atoms with Gasteiger partial charge in [0, 0.05) is 30.6 Å². The standard InChI is InChI=1S/C15H25N3S/c1-12(14-10-19-13(2)17-14)18-9-8-16-11-15(18)6-4-3-5-7-15/h10,12,16H,3-9,11H2,1-2H3. The van der Waals surface area contributed by atoms with Gasteiger partial charge in [0.15, 0.2) is 0 Å². The molecule has 2 heterocycles. The Balaban J connectivity index is 1.83. The van der Waals surface area contributed by atoms with Crippen LogP contribution in [0.15, 0.2) is 5.38 Å². The minimum absolute atomic E-state index is 0.396. The second-order valence-corrected chi connectivity index (χ2v) is 7.18. The van der Waals surface area contributed by atoms with Gasteiger partial charge in [0.05, 0.1) is 16.7 Å². The van der Waals surface area contributed by atoms with Gasteiger partial charge in [-0.15, -0.1) is 11.3 Å². The first-order valence-electron chi connectivity index (χ1n) is 7.61. The molecule has 1 atom stereocenters. The van der Waals surface area contributed by atoms with E-state index in [4.69, 9.17) is 4.98 Å². The van der Waals surface area contributed by atoms with Crippen LogP contribution >= 0.6 is 11.3 Å². The van der Waals surface area contributed by atoms with E-state index >= 15 is 0 Å². The van der Waals surface area contributed by atoms with Crippen LogP contribution in [0.3, 0.4) is 0 Å². The molecular weight excluding hydrogens is 254 g/mol. The van der Waals surface area contributed by atoms with Gasteiger partial charge in [0.1, 0.15) is 0 Å². The van der Waals surface area contributed by atoms with E-state index in [1.54, 1.807) is 11.3 Å². The molecule has 1 unspecified atom stereocenters. The van der Waals surface area contributed by atoms with Crippen molar-refractivity contribution in [1.29, 1.82) is 0 Å². The molecule has 0 bridgehead atoms. The molecule has 1 aromatic heterocycles. The lowest BCUT2D eigenvalue weighted by atomic mass is 9.78. The molecule has 3 rings (SSSR count). The molecule has 0 aromatic carbocycles. The summed E-state index contributed by atoms with van der Waals surface area (Å²) in [4.78, 5) is 7.47. The number of aryl methyl sites for hydroxylation is 1. The molecule has 4 heteroatoms. The van der Waals surface area contributed by atoms with Crippen molar-refractivity contribution in [2.75, 3.05) is 19.6 Å². The zero-order chi connectivity index (χ0) is 13.3. The van der Waals surface area contributed by atoms with Gasteiger partial charge in [-0.2, -0.15) is 0 Å². The van der Waals surface area contributed by atoms with Crippen molar-refractivity contribution in [2.24, 2.45) is 0 Å². The fraction of sp³-hybridized carbons (Fsp3) is 0.800. The van der Waals surface area contributed by atoms with E-state index < -0.39 is 0 Å². The van der Waals surface area contributed by atoms with E-state index in [0.29, 0.717) is 11.6 Å². The maximum atomic E-state index is 4.72. The normalized spacial score (nSPS) is 25.6. The molecule has 1 aliphatic heterocycles. The van der Waals surface area contributed by atoms with Gasteiger partial charge in [-0.05, 0) is 26.7 Å². The summed E-state index contributed by atoms with van der Waals surface area (Å²) in [7, 11) is 0. The van der Waals surface area contributed by atoms with Crippen LogP contribution in [0.4, 0.5) is 0 Å². The first-order chi connectivity index (χ1) is 9.21. The summed E-state index contributed by atoms with van der Waals surface area (Å²) in [6.45, 7) is 7.90. The van der Waals surface area contributed by atoms with Crippen LogP contribution in [0, 0.1) is 6.92 Å². The number of rotatable bonds is 2. The molecule has 1 saturated carbocycles. The highest BCUT2D eigenvalue weighted by molar-refractivity contribution is 7.09. The third kappa shape index (κ3) is 2.58. The Bertz CT molecular complexity index is 415. The molecule has 2 aliphatic rings. The molecular formula is C15H25N3S. The molecule has 0 amide bonds. The third-order valence-electron chi connectivity index (χ3n) is 4.91. The first kappa shape index (κ1) is 13.5. The zero-order valence-corrected chi connectivity index (χ0v) is 12.9. The number of thiazole rings is 1. The summed E-state index contributed by atoms with van der Waals surface area (Å²) in [6, 6.07) is 0.463. The predicted molar refractivity (Wildman–Crippen MR) is 80.7 cm³/mol. The highest BCUT2D eigenvalue weighted by atomic mass is 32.1. The number of aromatic nitrogens is 1. The highest BCUT2D eigenvalue weighted by Gasteiger charge is 2.42. The smallest absolute Gasteiger partial charge is 0.0898 e. The molecule has 0 radical (unpaired) electrons. The molecule has 1 spiro atoms. The summed E-state index contributed by atoms with van der Waals surface area (Å²) < 4.78 is 0. The molecule has 106 valence electrons. The predicted octanol–water partition coefficient (Wildman–Crippen LogP) is 3.12. The summed E-state index contributed by atoms with van der Waals surface area (Å²) in [6.07, 6.45) is 6.91. The van der Waals surface area contributed by atoms with Crippen molar-refractivity contribution in [1.82, 2.24) is 15.2 Å². The van der Waals surface area contributed by atoms with E-state index in [2.05, 4.69) is 29.4 Å². The van der Waals surface area contributed by atoms with Gasteiger partial charge in [0.2, 0.25) is 0 Å². The van der Waals surface area contributed by atoms with Gasteiger partial charge in [0.25, 0.3) is 0 Å². The Labute approximate surface area is 120 Å². The van der Waals surface area contributed by atoms with Gasteiger partial charge < -0.3 is 5.32 Å². The van der Waals surface area contributed by atoms with Crippen LogP contribution < -0.4 is 5.32 Å². The Morgan fingerprint density at radius 3 is 2.84 bits per heavy atom. The van der Waals surface area contributed by atoms with E-state index in [-0.39, 0.29) is 0 Å². The topological polar surface area (TPSA) is 28.2 Å². The van der Waals surface area contributed by atoms with E-state index in [9.17, 15) is 0 Å². The summed E-state index contributed by atoms with van der Waals surface area (Å²) in [5, 5.41) is 7.07. The average molecular weight is 279 g/mol. The first-order valence-corrected chi connectivity index (χ1v) is 8.49. The molecule has 1 saturated heterocycles. The second-order valence-electron chi connectivity index (χ2n) is 6.12. The average Bonchev–Trinajstić information content (AvgIpc) is 2.86. The fourth-order valence-electron chi connectivity index (χ4n) is 3.87. The third-order valence-corrected chi connectivity index (χ3v) is 5.70. The van der Waals surface area contributed by atoms with E-state index in [1.165, 1.54) is 49.4 Å². The van der Waals surface area contributed by atoms with Crippen LogP contribution in [-0.2, 0) is 0 Å². The largest absolute Gasteiger partial charge is 0.314 e. The molecule has 1 N–H and O–H groups in total. The Hall–Kier alpha value is -0.450. The lowest BCUT2D eigenvalue weighted by Crippen LogP contribution is -2.62. The zero-order valence-electron chi connectivity index (χ0n) is 12.1. The van der Waals surface area contributed by atoms with Gasteiger partial charge >= 0.3 is 0 Å². The van der Waals surface area contributed by atoms with Crippen molar-refractivity contribution < 1.29 is 0 Å². The number of piperazine rings is 1. The van der Waals surface area contributed by atoms with Crippen molar-refractivity contribution in [3.63, 3.8) is 0 Å². The Morgan fingerprint density at radius 2 is 2.16 bits per heavy atom. The monoisotopic (exact) mass is 279 g/mol. The fourth-order valence-corrected chi connectivity index (χ4v) is 4.57. The summed E-state index contributed by atoms with van der Waals surface area (Å²) in [5.41, 5.74) is 1.67. The van der Waals surface area contributed by atoms with Crippen LogP contribution in [0.25, 0.3) is 0 Å². The number of hydrogen-bond donors (Lipinski definition) is 1. The van der Waals surface area contributed by atoms with Gasteiger partial charge in [-0.25, -0.2) is 4.98 Å². The minimum atomic E-state index is 0.396. The lowest BCUT2D eigenvalue weighted by Gasteiger charge is -2.52. The Kier molecular flexibility index (Phi) is 3.92. The Morgan fingerprint density at radius 1 is 1.37 bits per heavy atom. The SMILES string of the molecule is Cc1nc(C(C)N2CCNCC23CCCCC3)cs1. The summed E-state index contributed by atoms with van der Waals surface area (Å²) >= 11 is 1.78. The van der Waals surface area contributed by atoms with Crippen LogP contribution in [0.1, 0.15) is 55.8 Å². The quantitative estimate of drug-likeness (QED) is 0.901. The summed E-state index contributed by atoms with van der Waals surface area (Å²) in [5.74, 6) is 0. The van der Waals surface area contributed by atoms with Crippen LogP contribution in [0.2, 0.25) is 0 Å². The minimum Gasteiger partial charge on any atom is -0.314 e. The van der Waals surface area contributed by atoms with Crippen molar-refractivity contribution in [3.8, 4) is 0 Å². The van der Waals surface area contributed by atoms with E-state index in [0.717, 1.165) is 13.1 Å². The molecule has 19 heavy (non-hydrogen) atoms. The van der Waals surface area contributed by atoms with E-state index in [1.807, 2.05) is 0 Å². The highest BCUT2D eigenvalue weighted by Crippen LogP contribution is 2.39. The number of nitrogens with zero attached hydrogens (tertiary/aromatic N) is 2. The van der Waals surface area contributed by atoms with Crippen molar-refractivity contribution in [3.05, 3.63) is 16.1 Å². The molecule has 1 aliphatic carbocycles. The molecule has 3 nitrogen and oxygen atoms in total. The number of hydrogen-bond acceptors (Lipinski definition) is 4. The van der Waals surface area contributed by atoms with Crippen molar-refractivity contribution in [2.45, 2.75) is 57.5 Å². The van der Waals surface area contributed by atoms with Crippen molar-refractivity contribution >= 4 is 11.3 Å². The van der Waals surface area contributed by atoms with Crippen LogP contribution in [0.5, 0.6) is 0 Å². The lowest BCUT2D eigenvalue weighted by molar-refractivity contribution is -0.00386. The molecule has 1 aromatic rings. The van der Waals surface area contributed by atoms with Crippen LogP contribution in [-0.4, -0.2) is 35.1 Å². The van der Waals surface area contributed by atoms with Gasteiger partial charge in [-0.3, -0.25) is 4.90 Å². The maximum absolute atomic E-state index is 4.72. The number of nitrogens with one attached hydrogen (secondary N) is 1. The van der Waals surface area contributed by atoms with Gasteiger partial charge in [-0.1, -0.05) is 19.3 Å². The second kappa shape index (κ2) is 5.51.